The maximum Gasteiger partial charge on any atom is 0.0490 e. The summed E-state index contributed by atoms with van der Waals surface area (Å²) in [6, 6.07) is 6.96. The summed E-state index contributed by atoms with van der Waals surface area (Å²) < 4.78 is 7.94. The molecule has 0 radical (unpaired) electrons. The van der Waals surface area contributed by atoms with Crippen molar-refractivity contribution in [2.75, 3.05) is 25.5 Å². The van der Waals surface area contributed by atoms with Crippen molar-refractivity contribution in [1.82, 2.24) is 9.47 Å². The predicted molar refractivity (Wildman–Crippen MR) is 94.5 cm³/mol. The lowest BCUT2D eigenvalue weighted by atomic mass is 9.99. The van der Waals surface area contributed by atoms with Gasteiger partial charge in [0.15, 0.2) is 0 Å². The summed E-state index contributed by atoms with van der Waals surface area (Å²) >= 11 is 0. The third-order valence-corrected chi connectivity index (χ3v) is 5.33. The van der Waals surface area contributed by atoms with Crippen molar-refractivity contribution in [2.45, 2.75) is 38.4 Å². The zero-order valence-corrected chi connectivity index (χ0v) is 13.6. The summed E-state index contributed by atoms with van der Waals surface area (Å²) in [5, 5.41) is 1.32. The van der Waals surface area contributed by atoms with Crippen molar-refractivity contribution in [2.24, 2.45) is 0 Å². The number of aromatic nitrogens is 1. The van der Waals surface area contributed by atoms with E-state index in [1.807, 2.05) is 12.1 Å². The van der Waals surface area contributed by atoms with E-state index in [9.17, 15) is 0 Å². The lowest BCUT2D eigenvalue weighted by Gasteiger charge is -2.37. The lowest BCUT2D eigenvalue weighted by molar-refractivity contribution is 0.0289. The van der Waals surface area contributed by atoms with Crippen LogP contribution in [0.25, 0.3) is 10.9 Å². The first kappa shape index (κ1) is 14.8. The molecule has 122 valence electrons. The number of benzene rings is 1. The quantitative estimate of drug-likeness (QED) is 0.700. The molecule has 4 nitrogen and oxygen atoms in total. The topological polar surface area (TPSA) is 43.4 Å². The fourth-order valence-electron chi connectivity index (χ4n) is 4.19. The van der Waals surface area contributed by atoms with Crippen LogP contribution in [-0.2, 0) is 24.2 Å². The Hall–Kier alpha value is -1.78. The molecule has 0 unspecified atom stereocenters. The predicted octanol–water partition coefficient (Wildman–Crippen LogP) is 2.95. The number of fused-ring (bicyclic) bond motifs is 3. The van der Waals surface area contributed by atoms with Crippen LogP contribution in [0, 0.1) is 0 Å². The first-order valence-electron chi connectivity index (χ1n) is 8.60. The van der Waals surface area contributed by atoms with E-state index in [4.69, 9.17) is 10.5 Å². The van der Waals surface area contributed by atoms with Gasteiger partial charge in [0.25, 0.3) is 0 Å². The fraction of sp³-hybridized carbons (Fsp3) is 0.474. The Morgan fingerprint density at radius 2 is 2.13 bits per heavy atom. The smallest absolute Gasteiger partial charge is 0.0490 e. The average molecular weight is 311 g/mol. The van der Waals surface area contributed by atoms with E-state index >= 15 is 0 Å². The second-order valence-corrected chi connectivity index (χ2v) is 6.67. The van der Waals surface area contributed by atoms with Gasteiger partial charge in [-0.25, -0.2) is 0 Å². The second kappa shape index (κ2) is 6.02. The molecular weight excluding hydrogens is 286 g/mol. The van der Waals surface area contributed by atoms with Crippen LogP contribution in [0.2, 0.25) is 0 Å². The Kier molecular flexibility index (Phi) is 3.87. The van der Waals surface area contributed by atoms with Crippen molar-refractivity contribution in [3.05, 3.63) is 42.1 Å². The summed E-state index contributed by atoms with van der Waals surface area (Å²) in [6.07, 6.45) is 5.40. The second-order valence-electron chi connectivity index (χ2n) is 6.67. The Morgan fingerprint density at radius 1 is 1.30 bits per heavy atom. The van der Waals surface area contributed by atoms with E-state index < -0.39 is 0 Å². The minimum absolute atomic E-state index is 0.663. The molecule has 0 spiro atoms. The minimum Gasteiger partial charge on any atom is -0.399 e. The molecule has 1 aromatic carbocycles. The number of rotatable bonds is 3. The molecule has 4 rings (SSSR count). The van der Waals surface area contributed by atoms with Gasteiger partial charge in [-0.05, 0) is 36.6 Å². The monoisotopic (exact) mass is 311 g/mol. The highest BCUT2D eigenvalue weighted by Gasteiger charge is 2.28. The molecule has 23 heavy (non-hydrogen) atoms. The van der Waals surface area contributed by atoms with Crippen molar-refractivity contribution < 1.29 is 4.74 Å². The number of anilines is 1. The van der Waals surface area contributed by atoms with Gasteiger partial charge in [0, 0.05) is 67.6 Å². The van der Waals surface area contributed by atoms with E-state index in [0.29, 0.717) is 6.04 Å². The summed E-state index contributed by atoms with van der Waals surface area (Å²) in [5.74, 6) is 0. The Morgan fingerprint density at radius 3 is 2.91 bits per heavy atom. The number of nitrogens with two attached hydrogens (primary N) is 1. The largest absolute Gasteiger partial charge is 0.399 e. The highest BCUT2D eigenvalue weighted by Crippen LogP contribution is 2.34. The van der Waals surface area contributed by atoms with E-state index in [1.165, 1.54) is 22.2 Å². The van der Waals surface area contributed by atoms with Crippen molar-refractivity contribution in [3.8, 4) is 0 Å². The van der Waals surface area contributed by atoms with Crippen LogP contribution in [0.4, 0.5) is 5.69 Å². The summed E-state index contributed by atoms with van der Waals surface area (Å²) in [6.45, 7) is 8.77. The molecule has 2 aromatic rings. The standard InChI is InChI=1S/C19H25N3O/c1-2-8-22-18-4-3-14(20)12-16(18)17-13-21(9-5-19(17)22)15-6-10-23-11-7-15/h2-4,12,15H,1,5-11,13,20H2. The van der Waals surface area contributed by atoms with Gasteiger partial charge in [0.2, 0.25) is 0 Å². The summed E-state index contributed by atoms with van der Waals surface area (Å²) in [5.41, 5.74) is 11.1. The first-order valence-corrected chi connectivity index (χ1v) is 8.60. The lowest BCUT2D eigenvalue weighted by Crippen LogP contribution is -2.42. The van der Waals surface area contributed by atoms with Gasteiger partial charge in [-0.3, -0.25) is 4.90 Å². The first-order chi connectivity index (χ1) is 11.3. The highest BCUT2D eigenvalue weighted by molar-refractivity contribution is 5.88. The molecule has 0 atom stereocenters. The zero-order chi connectivity index (χ0) is 15.8. The van der Waals surface area contributed by atoms with Gasteiger partial charge in [0.1, 0.15) is 0 Å². The fourth-order valence-corrected chi connectivity index (χ4v) is 4.19. The molecule has 1 aromatic heterocycles. The van der Waals surface area contributed by atoms with Gasteiger partial charge in [-0.2, -0.15) is 0 Å². The molecule has 0 amide bonds. The van der Waals surface area contributed by atoms with Gasteiger partial charge in [-0.1, -0.05) is 6.08 Å². The number of nitrogen functional groups attached to an aromatic ring is 1. The molecular formula is C19H25N3O. The molecule has 4 heteroatoms. The molecule has 2 aliphatic heterocycles. The van der Waals surface area contributed by atoms with Crippen LogP contribution in [0.15, 0.2) is 30.9 Å². The van der Waals surface area contributed by atoms with Crippen molar-refractivity contribution in [1.29, 1.82) is 0 Å². The van der Waals surface area contributed by atoms with Gasteiger partial charge in [0.05, 0.1) is 0 Å². The molecule has 2 aliphatic rings. The number of ether oxygens (including phenoxy) is 1. The van der Waals surface area contributed by atoms with Gasteiger partial charge >= 0.3 is 0 Å². The minimum atomic E-state index is 0.663. The van der Waals surface area contributed by atoms with Crippen LogP contribution < -0.4 is 5.73 Å². The molecule has 3 heterocycles. The Bertz CT molecular complexity index is 728. The van der Waals surface area contributed by atoms with E-state index in [2.05, 4.69) is 28.2 Å². The van der Waals surface area contributed by atoms with Crippen molar-refractivity contribution >= 4 is 16.6 Å². The maximum atomic E-state index is 6.06. The van der Waals surface area contributed by atoms with Crippen molar-refractivity contribution in [3.63, 3.8) is 0 Å². The maximum absolute atomic E-state index is 6.06. The number of hydrogen-bond donors (Lipinski definition) is 1. The Balaban J connectivity index is 1.74. The van der Waals surface area contributed by atoms with E-state index in [-0.39, 0.29) is 0 Å². The van der Waals surface area contributed by atoms with Crippen LogP contribution in [0.1, 0.15) is 24.1 Å². The third kappa shape index (κ3) is 2.56. The van der Waals surface area contributed by atoms with Crippen LogP contribution in [0.5, 0.6) is 0 Å². The van der Waals surface area contributed by atoms with Crippen LogP contribution >= 0.6 is 0 Å². The molecule has 1 saturated heterocycles. The van der Waals surface area contributed by atoms with Crippen LogP contribution in [-0.4, -0.2) is 35.3 Å². The normalized spacial score (nSPS) is 19.8. The summed E-state index contributed by atoms with van der Waals surface area (Å²) in [7, 11) is 0. The van der Waals surface area contributed by atoms with Crippen LogP contribution in [0.3, 0.4) is 0 Å². The van der Waals surface area contributed by atoms with E-state index in [1.54, 1.807) is 0 Å². The van der Waals surface area contributed by atoms with Gasteiger partial charge in [-0.15, -0.1) is 6.58 Å². The number of allylic oxidation sites excluding steroid dienone is 1. The zero-order valence-electron chi connectivity index (χ0n) is 13.6. The number of hydrogen-bond acceptors (Lipinski definition) is 3. The summed E-state index contributed by atoms with van der Waals surface area (Å²) in [4.78, 5) is 2.64. The third-order valence-electron chi connectivity index (χ3n) is 5.33. The molecule has 2 N–H and O–H groups in total. The molecule has 0 saturated carbocycles. The van der Waals surface area contributed by atoms with Gasteiger partial charge < -0.3 is 15.0 Å². The SMILES string of the molecule is C=CCn1c2c(c3cc(N)ccc31)CN(C1CCOCC1)CC2. The average Bonchev–Trinajstić information content (AvgIpc) is 2.89. The molecule has 0 bridgehead atoms. The van der Waals surface area contributed by atoms with E-state index in [0.717, 1.165) is 57.8 Å². The molecule has 0 aliphatic carbocycles. The number of nitrogens with zero attached hydrogens (tertiary/aromatic N) is 2. The Labute approximate surface area is 137 Å². The highest BCUT2D eigenvalue weighted by atomic mass is 16.5. The molecule has 1 fully saturated rings.